The number of piperidine rings is 1. The van der Waals surface area contributed by atoms with Gasteiger partial charge in [0.15, 0.2) is 11.6 Å². The number of pyridine rings is 1. The summed E-state index contributed by atoms with van der Waals surface area (Å²) in [5, 5.41) is 36.8. The van der Waals surface area contributed by atoms with Crippen molar-refractivity contribution in [3.8, 4) is 23.1 Å². The molecule has 0 aliphatic carbocycles. The number of hydrogen-bond acceptors (Lipinski definition) is 8. The molecule has 3 heterocycles. The number of nitrogens with zero attached hydrogens (tertiary/aromatic N) is 3. The Hall–Kier alpha value is -5.05. The van der Waals surface area contributed by atoms with Crippen LogP contribution in [0.15, 0.2) is 53.1 Å². The average molecular weight is 519 g/mol. The number of carbonyl (C=O) groups excluding carboxylic acids is 2. The van der Waals surface area contributed by atoms with E-state index in [4.69, 9.17) is 9.52 Å². The van der Waals surface area contributed by atoms with Crippen molar-refractivity contribution in [2.75, 3.05) is 36.4 Å². The van der Waals surface area contributed by atoms with Crippen LogP contribution in [0.1, 0.15) is 29.0 Å². The number of rotatable bonds is 8. The largest absolute Gasteiger partial charge is 0.507 e. The molecule has 5 N–H and O–H groups in total. The van der Waals surface area contributed by atoms with Crippen LogP contribution in [0.4, 0.5) is 16.3 Å². The van der Waals surface area contributed by atoms with Gasteiger partial charge in [-0.2, -0.15) is 5.26 Å². The molecule has 4 rings (SSSR count). The van der Waals surface area contributed by atoms with E-state index in [1.807, 2.05) is 4.90 Å². The van der Waals surface area contributed by atoms with E-state index >= 15 is 0 Å². The first kappa shape index (κ1) is 26.0. The first-order valence-corrected chi connectivity index (χ1v) is 11.9. The molecule has 12 nitrogen and oxygen atoms in total. The third-order valence-corrected chi connectivity index (χ3v) is 6.10. The van der Waals surface area contributed by atoms with Gasteiger partial charge in [-0.15, -0.1) is 0 Å². The standard InChI is InChI=1S/C26H26N6O6/c27-14-18-20(32-11-3-5-16(15-32)24(34)28-9-10-29-26(36)37)13-19(17-6-1-2-7-21(17)33)30-23(18)31-25(35)22-8-4-12-38-22/h1-2,4,6-8,12-13,16,29,33H,3,5,9-11,15H2,(H,28,34)(H,36,37)(H,30,31,35). The van der Waals surface area contributed by atoms with Gasteiger partial charge in [-0.25, -0.2) is 9.78 Å². The van der Waals surface area contributed by atoms with Crippen molar-refractivity contribution in [1.82, 2.24) is 15.6 Å². The summed E-state index contributed by atoms with van der Waals surface area (Å²) >= 11 is 0. The Morgan fingerprint density at radius 3 is 2.66 bits per heavy atom. The van der Waals surface area contributed by atoms with Gasteiger partial charge in [0.05, 0.1) is 23.6 Å². The number of phenols is 1. The molecule has 196 valence electrons. The van der Waals surface area contributed by atoms with E-state index in [0.29, 0.717) is 42.9 Å². The molecule has 1 unspecified atom stereocenters. The average Bonchev–Trinajstić information content (AvgIpc) is 3.46. The third-order valence-electron chi connectivity index (χ3n) is 6.10. The zero-order valence-corrected chi connectivity index (χ0v) is 20.3. The maximum atomic E-state index is 12.8. The van der Waals surface area contributed by atoms with E-state index in [-0.39, 0.29) is 41.9 Å². The van der Waals surface area contributed by atoms with Crippen LogP contribution < -0.4 is 20.9 Å². The third kappa shape index (κ3) is 6.01. The Bertz CT molecular complexity index is 1370. The second-order valence-corrected chi connectivity index (χ2v) is 8.62. The molecule has 1 aliphatic rings. The molecule has 0 spiro atoms. The van der Waals surface area contributed by atoms with Gasteiger partial charge in [-0.1, -0.05) is 12.1 Å². The molecular formula is C26H26N6O6. The van der Waals surface area contributed by atoms with Gasteiger partial charge in [0.25, 0.3) is 5.91 Å². The normalized spacial score (nSPS) is 14.8. The highest BCUT2D eigenvalue weighted by Crippen LogP contribution is 2.36. The highest BCUT2D eigenvalue weighted by molar-refractivity contribution is 6.03. The molecule has 1 saturated heterocycles. The number of aromatic hydroxyl groups is 1. The Labute approximate surface area is 217 Å². The Morgan fingerprint density at radius 2 is 1.95 bits per heavy atom. The van der Waals surface area contributed by atoms with Crippen LogP contribution in [0.5, 0.6) is 5.75 Å². The summed E-state index contributed by atoms with van der Waals surface area (Å²) in [5.41, 5.74) is 1.30. The Kier molecular flexibility index (Phi) is 8.07. The van der Waals surface area contributed by atoms with Gasteiger partial charge in [0, 0.05) is 31.7 Å². The molecule has 1 fully saturated rings. The van der Waals surface area contributed by atoms with E-state index in [2.05, 4.69) is 27.0 Å². The summed E-state index contributed by atoms with van der Waals surface area (Å²) in [6, 6.07) is 13.4. The Balaban J connectivity index is 1.65. The van der Waals surface area contributed by atoms with Crippen molar-refractivity contribution in [2.24, 2.45) is 5.92 Å². The molecule has 0 radical (unpaired) electrons. The lowest BCUT2D eigenvalue weighted by molar-refractivity contribution is -0.125. The molecule has 1 aliphatic heterocycles. The Morgan fingerprint density at radius 1 is 1.16 bits per heavy atom. The minimum Gasteiger partial charge on any atom is -0.507 e. The molecule has 3 aromatic rings. The quantitative estimate of drug-likeness (QED) is 0.280. The van der Waals surface area contributed by atoms with Crippen molar-refractivity contribution in [3.63, 3.8) is 0 Å². The number of hydrogen-bond donors (Lipinski definition) is 5. The van der Waals surface area contributed by atoms with Gasteiger partial charge < -0.3 is 35.5 Å². The molecular weight excluding hydrogens is 492 g/mol. The first-order valence-electron chi connectivity index (χ1n) is 11.9. The molecule has 1 aromatic carbocycles. The van der Waals surface area contributed by atoms with Crippen molar-refractivity contribution in [1.29, 1.82) is 5.26 Å². The van der Waals surface area contributed by atoms with E-state index in [1.54, 1.807) is 30.3 Å². The molecule has 0 saturated carbocycles. The van der Waals surface area contributed by atoms with Gasteiger partial charge in [-0.05, 0) is 43.2 Å². The van der Waals surface area contributed by atoms with Crippen molar-refractivity contribution in [3.05, 3.63) is 60.1 Å². The maximum Gasteiger partial charge on any atom is 0.404 e. The van der Waals surface area contributed by atoms with Crippen molar-refractivity contribution in [2.45, 2.75) is 12.8 Å². The molecule has 2 aromatic heterocycles. The predicted molar refractivity (Wildman–Crippen MR) is 137 cm³/mol. The van der Waals surface area contributed by atoms with Crippen LogP contribution in [0.3, 0.4) is 0 Å². The number of amides is 3. The number of carbonyl (C=O) groups is 3. The van der Waals surface area contributed by atoms with E-state index in [1.165, 1.54) is 18.4 Å². The lowest BCUT2D eigenvalue weighted by Gasteiger charge is -2.34. The number of furan rings is 1. The fraction of sp³-hybridized carbons (Fsp3) is 0.269. The molecule has 0 bridgehead atoms. The van der Waals surface area contributed by atoms with Crippen molar-refractivity contribution >= 4 is 29.4 Å². The fourth-order valence-corrected chi connectivity index (χ4v) is 4.30. The van der Waals surface area contributed by atoms with Gasteiger partial charge in [0.1, 0.15) is 17.4 Å². The van der Waals surface area contributed by atoms with Crippen LogP contribution in [0.25, 0.3) is 11.3 Å². The van der Waals surface area contributed by atoms with Crippen LogP contribution in [-0.4, -0.2) is 59.3 Å². The van der Waals surface area contributed by atoms with E-state index in [9.17, 15) is 24.8 Å². The van der Waals surface area contributed by atoms with Gasteiger partial charge in [-0.3, -0.25) is 9.59 Å². The summed E-state index contributed by atoms with van der Waals surface area (Å²) in [7, 11) is 0. The molecule has 38 heavy (non-hydrogen) atoms. The topological polar surface area (TPSA) is 181 Å². The monoisotopic (exact) mass is 518 g/mol. The summed E-state index contributed by atoms with van der Waals surface area (Å²) < 4.78 is 5.16. The lowest BCUT2D eigenvalue weighted by atomic mass is 9.95. The number of anilines is 2. The highest BCUT2D eigenvalue weighted by Gasteiger charge is 2.29. The summed E-state index contributed by atoms with van der Waals surface area (Å²) in [4.78, 5) is 42.5. The second kappa shape index (κ2) is 11.8. The number of aromatic nitrogens is 1. The first-order chi connectivity index (χ1) is 18.4. The van der Waals surface area contributed by atoms with E-state index in [0.717, 1.165) is 0 Å². The number of benzene rings is 1. The second-order valence-electron chi connectivity index (χ2n) is 8.62. The number of nitrogens with one attached hydrogen (secondary N) is 3. The summed E-state index contributed by atoms with van der Waals surface area (Å²) in [6.45, 7) is 1.08. The van der Waals surface area contributed by atoms with Gasteiger partial charge in [0.2, 0.25) is 5.91 Å². The van der Waals surface area contributed by atoms with Crippen molar-refractivity contribution < 1.29 is 29.0 Å². The molecule has 3 amide bonds. The van der Waals surface area contributed by atoms with Crippen LogP contribution in [0.2, 0.25) is 0 Å². The molecule has 12 heteroatoms. The highest BCUT2D eigenvalue weighted by atomic mass is 16.4. The number of para-hydroxylation sites is 1. The van der Waals surface area contributed by atoms with Crippen LogP contribution >= 0.6 is 0 Å². The lowest BCUT2D eigenvalue weighted by Crippen LogP contribution is -2.45. The van der Waals surface area contributed by atoms with Gasteiger partial charge >= 0.3 is 6.09 Å². The fourth-order valence-electron chi connectivity index (χ4n) is 4.30. The minimum absolute atomic E-state index is 0.00373. The number of carboxylic acid groups (broad SMARTS) is 1. The molecule has 1 atom stereocenters. The predicted octanol–water partition coefficient (Wildman–Crippen LogP) is 2.77. The minimum atomic E-state index is -1.17. The zero-order valence-electron chi connectivity index (χ0n) is 20.3. The maximum absolute atomic E-state index is 12.8. The van der Waals surface area contributed by atoms with Crippen LogP contribution in [-0.2, 0) is 4.79 Å². The van der Waals surface area contributed by atoms with Crippen LogP contribution in [0, 0.1) is 17.2 Å². The summed E-state index contributed by atoms with van der Waals surface area (Å²) in [5.74, 6) is -1.20. The van der Waals surface area contributed by atoms with E-state index < -0.39 is 17.9 Å². The smallest absolute Gasteiger partial charge is 0.404 e. The zero-order chi connectivity index (χ0) is 27.1. The number of nitriles is 1. The number of phenolic OH excluding ortho intramolecular Hbond substituents is 1. The summed E-state index contributed by atoms with van der Waals surface area (Å²) in [6.07, 6.45) is 1.48. The SMILES string of the molecule is N#Cc1c(N2CCCC(C(=O)NCCNC(=O)O)C2)cc(-c2ccccc2O)nc1NC(=O)c1ccco1.